The van der Waals surface area contributed by atoms with Crippen LogP contribution in [0.1, 0.15) is 21.5 Å². The topological polar surface area (TPSA) is 29.1 Å². The van der Waals surface area contributed by atoms with Crippen LogP contribution in [-0.4, -0.2) is 5.78 Å². The number of hydrogen-bond acceptors (Lipinski definition) is 2. The minimum atomic E-state index is -0.712. The Balaban J connectivity index is 1.88. The van der Waals surface area contributed by atoms with Gasteiger partial charge in [-0.2, -0.15) is 0 Å². The average Bonchev–Trinajstić information content (AvgIpc) is 2.57. The predicted octanol–water partition coefficient (Wildman–Crippen LogP) is 5.90. The molecule has 0 saturated heterocycles. The molecule has 5 heteroatoms. The van der Waals surface area contributed by atoms with E-state index in [2.05, 4.69) is 5.32 Å². The van der Waals surface area contributed by atoms with Crippen LogP contribution in [0.4, 0.5) is 20.2 Å². The van der Waals surface area contributed by atoms with Crippen molar-refractivity contribution in [2.45, 2.75) is 6.92 Å². The van der Waals surface area contributed by atoms with Crippen LogP contribution in [0.2, 0.25) is 5.02 Å². The highest BCUT2D eigenvalue weighted by Gasteiger charge is 2.15. The summed E-state index contributed by atoms with van der Waals surface area (Å²) in [6.07, 6.45) is 0. The van der Waals surface area contributed by atoms with E-state index in [1.807, 2.05) is 19.1 Å². The Morgan fingerprint density at radius 1 is 0.960 bits per heavy atom. The van der Waals surface area contributed by atoms with Crippen LogP contribution in [0.3, 0.4) is 0 Å². The normalized spacial score (nSPS) is 10.6. The third-order valence-electron chi connectivity index (χ3n) is 3.81. The summed E-state index contributed by atoms with van der Waals surface area (Å²) in [5, 5.41) is 3.07. The number of aryl methyl sites for hydroxylation is 1. The molecule has 0 amide bonds. The van der Waals surface area contributed by atoms with E-state index in [0.717, 1.165) is 17.7 Å². The van der Waals surface area contributed by atoms with Crippen molar-refractivity contribution in [3.8, 4) is 0 Å². The molecule has 1 N–H and O–H groups in total. The first-order valence-electron chi connectivity index (χ1n) is 7.57. The summed E-state index contributed by atoms with van der Waals surface area (Å²) in [5.74, 6) is -1.54. The maximum Gasteiger partial charge on any atom is 0.194 e. The summed E-state index contributed by atoms with van der Waals surface area (Å²) in [7, 11) is 0. The van der Waals surface area contributed by atoms with Crippen molar-refractivity contribution < 1.29 is 13.6 Å². The third kappa shape index (κ3) is 3.69. The number of nitrogens with one attached hydrogen (secondary N) is 1. The summed E-state index contributed by atoms with van der Waals surface area (Å²) in [6.45, 7) is 1.86. The molecule has 0 heterocycles. The van der Waals surface area contributed by atoms with Crippen LogP contribution < -0.4 is 5.32 Å². The molecule has 3 aromatic carbocycles. The first-order chi connectivity index (χ1) is 12.0. The second-order valence-corrected chi connectivity index (χ2v) is 6.00. The van der Waals surface area contributed by atoms with Crippen molar-refractivity contribution in [1.29, 1.82) is 0 Å². The Kier molecular flexibility index (Phi) is 4.81. The molecule has 3 rings (SSSR count). The summed E-state index contributed by atoms with van der Waals surface area (Å²) in [5.41, 5.74) is 2.42. The molecular weight excluding hydrogens is 344 g/mol. The van der Waals surface area contributed by atoms with E-state index < -0.39 is 11.6 Å². The molecule has 0 atom stereocenters. The number of halogens is 3. The van der Waals surface area contributed by atoms with Crippen molar-refractivity contribution in [1.82, 2.24) is 0 Å². The first kappa shape index (κ1) is 17.1. The molecule has 3 aromatic rings. The highest BCUT2D eigenvalue weighted by atomic mass is 35.5. The zero-order chi connectivity index (χ0) is 18.0. The van der Waals surface area contributed by atoms with Crippen LogP contribution >= 0.6 is 11.6 Å². The quantitative estimate of drug-likeness (QED) is 0.589. The summed E-state index contributed by atoms with van der Waals surface area (Å²) >= 11 is 6.24. The van der Waals surface area contributed by atoms with E-state index >= 15 is 0 Å². The van der Waals surface area contributed by atoms with Gasteiger partial charge >= 0.3 is 0 Å². The van der Waals surface area contributed by atoms with Gasteiger partial charge < -0.3 is 5.32 Å². The predicted molar refractivity (Wildman–Crippen MR) is 95.7 cm³/mol. The molecule has 25 heavy (non-hydrogen) atoms. The fourth-order valence-electron chi connectivity index (χ4n) is 2.50. The van der Waals surface area contributed by atoms with Crippen LogP contribution in [0.5, 0.6) is 0 Å². The fraction of sp³-hybridized carbons (Fsp3) is 0.0500. The fourth-order valence-corrected chi connectivity index (χ4v) is 2.76. The van der Waals surface area contributed by atoms with Crippen molar-refractivity contribution in [3.63, 3.8) is 0 Å². The van der Waals surface area contributed by atoms with Crippen molar-refractivity contribution in [3.05, 3.63) is 94.0 Å². The second-order valence-electron chi connectivity index (χ2n) is 5.59. The summed E-state index contributed by atoms with van der Waals surface area (Å²) in [4.78, 5) is 12.6. The zero-order valence-corrected chi connectivity index (χ0v) is 14.1. The monoisotopic (exact) mass is 357 g/mol. The molecule has 0 bridgehead atoms. The zero-order valence-electron chi connectivity index (χ0n) is 13.3. The van der Waals surface area contributed by atoms with E-state index in [4.69, 9.17) is 11.6 Å². The van der Waals surface area contributed by atoms with E-state index in [1.54, 1.807) is 24.3 Å². The molecule has 0 saturated carbocycles. The molecule has 126 valence electrons. The van der Waals surface area contributed by atoms with Gasteiger partial charge in [-0.15, -0.1) is 0 Å². The Bertz CT molecular complexity index is 956. The lowest BCUT2D eigenvalue weighted by Gasteiger charge is -2.11. The highest BCUT2D eigenvalue weighted by Crippen LogP contribution is 2.27. The standard InChI is InChI=1S/C20H14ClF2NO/c1-12-4-2-3-5-15(12)20(25)16-8-7-14(11-17(16)21)24-19-9-6-13(22)10-18(19)23/h2-11,24H,1H3. The largest absolute Gasteiger partial charge is 0.353 e. The van der Waals surface area contributed by atoms with Crippen molar-refractivity contribution in [2.75, 3.05) is 5.32 Å². The number of ketones is 1. The Labute approximate surface area is 149 Å². The average molecular weight is 358 g/mol. The van der Waals surface area contributed by atoms with Crippen LogP contribution in [0, 0.1) is 18.6 Å². The van der Waals surface area contributed by atoms with E-state index in [9.17, 15) is 13.6 Å². The van der Waals surface area contributed by atoms with Gasteiger partial charge in [0.15, 0.2) is 5.78 Å². The van der Waals surface area contributed by atoms with E-state index in [-0.39, 0.29) is 16.5 Å². The minimum absolute atomic E-state index is 0.121. The lowest BCUT2D eigenvalue weighted by Crippen LogP contribution is -2.05. The summed E-state index contributed by atoms with van der Waals surface area (Å²) < 4.78 is 26.7. The SMILES string of the molecule is Cc1ccccc1C(=O)c1ccc(Nc2ccc(F)cc2F)cc1Cl. The smallest absolute Gasteiger partial charge is 0.194 e. The molecule has 0 spiro atoms. The van der Waals surface area contributed by atoms with Gasteiger partial charge in [0.1, 0.15) is 11.6 Å². The molecule has 0 unspecified atom stereocenters. The molecular formula is C20H14ClF2NO. The molecule has 0 aromatic heterocycles. The van der Waals surface area contributed by atoms with Gasteiger partial charge in [0.05, 0.1) is 10.7 Å². The van der Waals surface area contributed by atoms with Crippen molar-refractivity contribution >= 4 is 28.8 Å². The second kappa shape index (κ2) is 7.03. The lowest BCUT2D eigenvalue weighted by molar-refractivity contribution is 0.103. The number of carbonyl (C=O) groups excluding carboxylic acids is 1. The van der Waals surface area contributed by atoms with Gasteiger partial charge in [-0.25, -0.2) is 8.78 Å². The van der Waals surface area contributed by atoms with Crippen molar-refractivity contribution in [2.24, 2.45) is 0 Å². The van der Waals surface area contributed by atoms with Gasteiger partial charge in [0, 0.05) is 22.9 Å². The number of carbonyl (C=O) groups is 1. The summed E-state index contributed by atoms with van der Waals surface area (Å²) in [6, 6.07) is 15.2. The van der Waals surface area contributed by atoms with Crippen LogP contribution in [0.25, 0.3) is 0 Å². The van der Waals surface area contributed by atoms with E-state index in [0.29, 0.717) is 16.8 Å². The Morgan fingerprint density at radius 2 is 1.72 bits per heavy atom. The van der Waals surface area contributed by atoms with Gasteiger partial charge in [-0.3, -0.25) is 4.79 Å². The molecule has 0 aliphatic heterocycles. The Morgan fingerprint density at radius 3 is 2.40 bits per heavy atom. The molecule has 0 aliphatic rings. The van der Waals surface area contributed by atoms with E-state index in [1.165, 1.54) is 12.1 Å². The molecule has 0 radical (unpaired) electrons. The molecule has 0 fully saturated rings. The first-order valence-corrected chi connectivity index (χ1v) is 7.95. The minimum Gasteiger partial charge on any atom is -0.353 e. The number of anilines is 2. The van der Waals surface area contributed by atoms with Gasteiger partial charge in [0.2, 0.25) is 0 Å². The van der Waals surface area contributed by atoms with Gasteiger partial charge in [-0.05, 0) is 42.8 Å². The molecule has 0 aliphatic carbocycles. The number of hydrogen-bond donors (Lipinski definition) is 1. The van der Waals surface area contributed by atoms with Crippen LogP contribution in [-0.2, 0) is 0 Å². The van der Waals surface area contributed by atoms with Gasteiger partial charge in [0.25, 0.3) is 0 Å². The van der Waals surface area contributed by atoms with Gasteiger partial charge in [-0.1, -0.05) is 35.9 Å². The third-order valence-corrected chi connectivity index (χ3v) is 4.13. The maximum absolute atomic E-state index is 13.7. The lowest BCUT2D eigenvalue weighted by atomic mass is 9.99. The van der Waals surface area contributed by atoms with Crippen LogP contribution in [0.15, 0.2) is 60.7 Å². The number of rotatable bonds is 4. The molecule has 2 nitrogen and oxygen atoms in total. The highest BCUT2D eigenvalue weighted by molar-refractivity contribution is 6.35. The Hall–Kier alpha value is -2.72. The maximum atomic E-state index is 13.7. The number of benzene rings is 3.